The number of carboxylic acid groups (broad SMARTS) is 1. The number of anilines is 1. The van der Waals surface area contributed by atoms with Gasteiger partial charge in [-0.2, -0.15) is 10.4 Å². The number of hydrogen-bond acceptors (Lipinski definition) is 4. The Morgan fingerprint density at radius 3 is 2.19 bits per heavy atom. The first kappa shape index (κ1) is 23.4. The number of hydrogen-bond donors (Lipinski definition) is 2. The third-order valence-electron chi connectivity index (χ3n) is 4.66. The lowest BCUT2D eigenvalue weighted by atomic mass is 9.95. The second kappa shape index (κ2) is 6.60. The van der Waals surface area contributed by atoms with Crippen LogP contribution in [-0.4, -0.2) is 34.1 Å². The monoisotopic (exact) mass is 508 g/mol. The lowest BCUT2D eigenvalue weighted by molar-refractivity contribution is -0.140. The van der Waals surface area contributed by atoms with Crippen LogP contribution < -0.4 is 5.32 Å². The minimum absolute atomic E-state index is 0.0409. The summed E-state index contributed by atoms with van der Waals surface area (Å²) in [7, 11) is -10.1. The van der Waals surface area contributed by atoms with Crippen LogP contribution >= 0.6 is 33.4 Å². The van der Waals surface area contributed by atoms with Crippen molar-refractivity contribution in [1.82, 2.24) is 9.78 Å². The number of carboxylic acids is 1. The summed E-state index contributed by atoms with van der Waals surface area (Å²) in [6.45, 7) is -1.31. The molecule has 0 saturated heterocycles. The number of carbonyl (C=O) groups is 1. The van der Waals surface area contributed by atoms with Gasteiger partial charge in [-0.05, 0) is 25.0 Å². The van der Waals surface area contributed by atoms with Crippen LogP contribution in [0.5, 0.6) is 0 Å². The molecular formula is C16H12Cl2F6N4O2S. The number of aromatic nitrogens is 2. The van der Waals surface area contributed by atoms with E-state index >= 15 is 0 Å². The minimum atomic E-state index is -10.1. The molecule has 0 aliphatic heterocycles. The molecule has 1 fully saturated rings. The summed E-state index contributed by atoms with van der Waals surface area (Å²) in [6.07, 6.45) is 0.245. The molecular weight excluding hydrogens is 497 g/mol. The molecule has 1 aromatic carbocycles. The van der Waals surface area contributed by atoms with Gasteiger partial charge in [0.05, 0.1) is 21.0 Å². The van der Waals surface area contributed by atoms with Crippen molar-refractivity contribution in [2.24, 2.45) is 0 Å². The second-order valence-electron chi connectivity index (χ2n) is 6.80. The summed E-state index contributed by atoms with van der Waals surface area (Å²) >= 11 is 11.7. The first-order valence-corrected chi connectivity index (χ1v) is 11.1. The zero-order chi connectivity index (χ0) is 23.5. The fraction of sp³-hybridized carbons (Fsp3) is 0.312. The topological polar surface area (TPSA) is 90.9 Å². The first-order valence-electron chi connectivity index (χ1n) is 8.36. The molecule has 1 heterocycles. The van der Waals surface area contributed by atoms with Crippen molar-refractivity contribution < 1.29 is 33.7 Å². The fourth-order valence-corrected chi connectivity index (χ4v) is 4.56. The van der Waals surface area contributed by atoms with E-state index in [0.29, 0.717) is 0 Å². The van der Waals surface area contributed by atoms with Crippen molar-refractivity contribution in [1.29, 1.82) is 5.26 Å². The number of benzene rings is 1. The molecule has 3 rings (SSSR count). The number of halogens is 8. The molecule has 0 spiro atoms. The Balaban J connectivity index is 2.31. The van der Waals surface area contributed by atoms with Crippen LogP contribution in [0.2, 0.25) is 10.0 Å². The predicted octanol–water partition coefficient (Wildman–Crippen LogP) is 6.21. The van der Waals surface area contributed by atoms with Gasteiger partial charge >= 0.3 is 16.2 Å². The molecule has 1 aliphatic carbocycles. The summed E-state index contributed by atoms with van der Waals surface area (Å²) in [4.78, 5) is 9.44. The average molecular weight is 509 g/mol. The summed E-state index contributed by atoms with van der Waals surface area (Å²) in [6, 6.07) is 1.60. The third kappa shape index (κ3) is 4.11. The average Bonchev–Trinajstić information content (AvgIpc) is 3.34. The van der Waals surface area contributed by atoms with Crippen molar-refractivity contribution in [2.45, 2.75) is 23.2 Å². The summed E-state index contributed by atoms with van der Waals surface area (Å²) in [5.74, 6) is -1.53. The smallest absolute Gasteiger partial charge is 0.314 e. The number of rotatable bonds is 7. The van der Waals surface area contributed by atoms with E-state index in [1.807, 2.05) is 0 Å². The van der Waals surface area contributed by atoms with E-state index in [1.54, 1.807) is 6.07 Å². The van der Waals surface area contributed by atoms with Gasteiger partial charge in [-0.3, -0.25) is 4.79 Å². The van der Waals surface area contributed by atoms with E-state index in [9.17, 15) is 39.0 Å². The Bertz CT molecular complexity index is 1120. The summed E-state index contributed by atoms with van der Waals surface area (Å²) in [5, 5.41) is 23.6. The van der Waals surface area contributed by atoms with Gasteiger partial charge in [0.1, 0.15) is 29.1 Å². The second-order valence-corrected chi connectivity index (χ2v) is 10.0. The Morgan fingerprint density at radius 2 is 1.81 bits per heavy atom. The molecule has 1 saturated carbocycles. The molecule has 15 heteroatoms. The zero-order valence-corrected chi connectivity index (χ0v) is 17.4. The van der Waals surface area contributed by atoms with E-state index in [-0.39, 0.29) is 42.9 Å². The third-order valence-corrected chi connectivity index (χ3v) is 6.37. The van der Waals surface area contributed by atoms with Gasteiger partial charge in [0.2, 0.25) is 0 Å². The molecule has 0 atom stereocenters. The highest BCUT2D eigenvalue weighted by Gasteiger charge is 2.65. The maximum atomic E-state index is 13.2. The van der Waals surface area contributed by atoms with Crippen LogP contribution in [0.15, 0.2) is 17.0 Å². The normalized spacial score (nSPS) is 17.4. The number of nitriles is 1. The van der Waals surface area contributed by atoms with Crippen molar-refractivity contribution >= 4 is 45.2 Å². The van der Waals surface area contributed by atoms with E-state index in [0.717, 1.165) is 4.68 Å². The van der Waals surface area contributed by atoms with Gasteiger partial charge < -0.3 is 10.4 Å². The molecule has 6 nitrogen and oxygen atoms in total. The molecule has 1 aliphatic rings. The van der Waals surface area contributed by atoms with E-state index in [4.69, 9.17) is 23.2 Å². The molecule has 2 aromatic rings. The highest BCUT2D eigenvalue weighted by atomic mass is 35.5. The molecule has 0 radical (unpaired) electrons. The van der Waals surface area contributed by atoms with Crippen molar-refractivity contribution in [2.75, 3.05) is 18.5 Å². The molecule has 1 aromatic heterocycles. The quantitative estimate of drug-likeness (QED) is 0.434. The van der Waals surface area contributed by atoms with E-state index in [2.05, 4.69) is 10.4 Å². The standard InChI is InChI=1S/C16H12Cl2F6N4O2S/c17-9-5-8(31(20,21,22,23)24)6-10(18)13(9)28-14(26-4-3-19)12(11(7-25)27-28)16(1-2-16)15(29)30/h5-6,26H,1-4H2,(H,29,30). The van der Waals surface area contributed by atoms with Gasteiger partial charge in [0.25, 0.3) is 0 Å². The van der Waals surface area contributed by atoms with Crippen molar-refractivity contribution in [3.8, 4) is 11.8 Å². The largest absolute Gasteiger partial charge is 0.481 e. The summed E-state index contributed by atoms with van der Waals surface area (Å²) in [5.41, 5.74) is -2.57. The SMILES string of the molecule is N#Cc1nn(-c2c(Cl)cc(S(F)(F)(F)(F)F)cc2Cl)c(NCCF)c1C1(C(=O)O)CC1. The Kier molecular flexibility index (Phi) is 4.97. The summed E-state index contributed by atoms with van der Waals surface area (Å²) < 4.78 is 79.3. The lowest BCUT2D eigenvalue weighted by Crippen LogP contribution is -2.22. The molecule has 0 amide bonds. The molecule has 0 unspecified atom stereocenters. The highest BCUT2D eigenvalue weighted by molar-refractivity contribution is 8.45. The van der Waals surface area contributed by atoms with Crippen LogP contribution in [0.4, 0.5) is 29.6 Å². The number of nitrogens with one attached hydrogen (secondary N) is 1. The van der Waals surface area contributed by atoms with Crippen LogP contribution in [-0.2, 0) is 10.2 Å². The zero-order valence-electron chi connectivity index (χ0n) is 15.1. The predicted molar refractivity (Wildman–Crippen MR) is 103 cm³/mol. The fourth-order valence-electron chi connectivity index (χ4n) is 3.10. The van der Waals surface area contributed by atoms with Crippen LogP contribution in [0.25, 0.3) is 5.69 Å². The van der Waals surface area contributed by atoms with Gasteiger partial charge in [-0.15, -0.1) is 0 Å². The van der Waals surface area contributed by atoms with Crippen molar-refractivity contribution in [3.63, 3.8) is 0 Å². The van der Waals surface area contributed by atoms with Gasteiger partial charge in [0, 0.05) is 6.54 Å². The maximum absolute atomic E-state index is 13.2. The molecule has 2 N–H and O–H groups in total. The Labute approximate surface area is 181 Å². The first-order chi connectivity index (χ1) is 14.1. The maximum Gasteiger partial charge on any atom is 0.314 e. The lowest BCUT2D eigenvalue weighted by Gasteiger charge is -2.40. The van der Waals surface area contributed by atoms with Crippen molar-refractivity contribution in [3.05, 3.63) is 33.4 Å². The van der Waals surface area contributed by atoms with Gasteiger partial charge in [-0.1, -0.05) is 42.6 Å². The number of nitrogens with zero attached hydrogens (tertiary/aromatic N) is 3. The van der Waals surface area contributed by atoms with Gasteiger partial charge in [-0.25, -0.2) is 9.07 Å². The molecule has 31 heavy (non-hydrogen) atoms. The van der Waals surface area contributed by atoms with Crippen LogP contribution in [0.1, 0.15) is 24.1 Å². The Morgan fingerprint density at radius 1 is 1.26 bits per heavy atom. The number of aliphatic carboxylic acids is 1. The van der Waals surface area contributed by atoms with Gasteiger partial charge in [0.15, 0.2) is 5.69 Å². The van der Waals surface area contributed by atoms with E-state index < -0.39 is 54.6 Å². The van der Waals surface area contributed by atoms with Crippen LogP contribution in [0, 0.1) is 11.3 Å². The number of alkyl halides is 1. The Hall–Kier alpha value is -2.30. The van der Waals surface area contributed by atoms with E-state index in [1.165, 1.54) is 0 Å². The molecule has 0 bridgehead atoms. The highest BCUT2D eigenvalue weighted by Crippen LogP contribution is 3.02. The van der Waals surface area contributed by atoms with Crippen LogP contribution in [0.3, 0.4) is 0 Å². The minimum Gasteiger partial charge on any atom is -0.481 e. The molecule has 170 valence electrons.